The number of likely N-dealkylation sites (N-methyl/N-ethyl adjacent to an activating group) is 2. The molecule has 1 unspecified atom stereocenters. The fourth-order valence-electron chi connectivity index (χ4n) is 1.86. The van der Waals surface area contributed by atoms with Crippen LogP contribution in [0.1, 0.15) is 6.92 Å². The largest absolute Gasteiger partial charge is 0.456 e. The van der Waals surface area contributed by atoms with Crippen molar-refractivity contribution in [2.75, 3.05) is 61.5 Å². The van der Waals surface area contributed by atoms with Gasteiger partial charge in [-0.3, -0.25) is 0 Å². The van der Waals surface area contributed by atoms with Crippen molar-refractivity contribution in [1.82, 2.24) is 0 Å². The van der Waals surface area contributed by atoms with Crippen molar-refractivity contribution in [3.8, 4) is 0 Å². The quantitative estimate of drug-likeness (QED) is 0.392. The third-order valence-corrected chi connectivity index (χ3v) is 2.74. The molecule has 0 aliphatic rings. The number of aliphatic hydroxyl groups excluding tert-OH is 1. The number of carbonyl (C=O) groups is 1. The highest BCUT2D eigenvalue weighted by Crippen LogP contribution is 2.04. The van der Waals surface area contributed by atoms with Gasteiger partial charge in [0.25, 0.3) is 0 Å². The SMILES string of the molecule is C=C(C)C(=O)OCC[N+](C)(C)CC(O)C[N+](C)(C)C. The molecule has 0 aliphatic heterocycles. The highest BCUT2D eigenvalue weighted by atomic mass is 16.5. The molecule has 0 heterocycles. The van der Waals surface area contributed by atoms with E-state index >= 15 is 0 Å². The number of nitrogens with zero attached hydrogens (tertiary/aromatic N) is 2. The minimum absolute atomic E-state index is 0.343. The zero-order chi connectivity index (χ0) is 15.3. The van der Waals surface area contributed by atoms with Gasteiger partial charge in [0.15, 0.2) is 6.10 Å². The Bertz CT molecular complexity index is 319. The van der Waals surface area contributed by atoms with Gasteiger partial charge in [-0.25, -0.2) is 4.79 Å². The van der Waals surface area contributed by atoms with Crippen molar-refractivity contribution < 1.29 is 23.6 Å². The van der Waals surface area contributed by atoms with E-state index in [1.54, 1.807) is 6.92 Å². The summed E-state index contributed by atoms with van der Waals surface area (Å²) in [5.41, 5.74) is 0.412. The Kier molecular flexibility index (Phi) is 6.69. The van der Waals surface area contributed by atoms with Crippen molar-refractivity contribution in [2.45, 2.75) is 13.0 Å². The molecule has 0 rings (SSSR count). The predicted molar refractivity (Wildman–Crippen MR) is 76.5 cm³/mol. The van der Waals surface area contributed by atoms with E-state index in [1.165, 1.54) is 0 Å². The number of ether oxygens (including phenoxy) is 1. The molecule has 112 valence electrons. The van der Waals surface area contributed by atoms with Gasteiger partial charge in [0.1, 0.15) is 26.2 Å². The van der Waals surface area contributed by atoms with Crippen LogP contribution in [0.5, 0.6) is 0 Å². The lowest BCUT2D eigenvalue weighted by Crippen LogP contribution is -2.52. The van der Waals surface area contributed by atoms with E-state index in [4.69, 9.17) is 4.74 Å². The second-order valence-corrected chi connectivity index (χ2v) is 6.88. The summed E-state index contributed by atoms with van der Waals surface area (Å²) in [6, 6.07) is 0. The summed E-state index contributed by atoms with van der Waals surface area (Å²) >= 11 is 0. The maximum Gasteiger partial charge on any atom is 0.333 e. The molecule has 0 amide bonds. The van der Waals surface area contributed by atoms with Crippen molar-refractivity contribution in [3.63, 3.8) is 0 Å². The first-order valence-electron chi connectivity index (χ1n) is 6.56. The topological polar surface area (TPSA) is 46.5 Å². The van der Waals surface area contributed by atoms with E-state index < -0.39 is 0 Å². The fourth-order valence-corrected chi connectivity index (χ4v) is 1.86. The van der Waals surface area contributed by atoms with Crippen LogP contribution in [0.3, 0.4) is 0 Å². The summed E-state index contributed by atoms with van der Waals surface area (Å²) < 4.78 is 6.43. The second kappa shape index (κ2) is 7.03. The number of quaternary nitrogens is 2. The predicted octanol–water partition coefficient (Wildman–Crippen LogP) is 0.249. The van der Waals surface area contributed by atoms with Gasteiger partial charge in [-0.1, -0.05) is 6.58 Å². The van der Waals surface area contributed by atoms with Crippen LogP contribution >= 0.6 is 0 Å². The van der Waals surface area contributed by atoms with Crippen LogP contribution in [0, 0.1) is 0 Å². The van der Waals surface area contributed by atoms with Crippen molar-refractivity contribution in [3.05, 3.63) is 12.2 Å². The van der Waals surface area contributed by atoms with Gasteiger partial charge in [-0.15, -0.1) is 0 Å². The third kappa shape index (κ3) is 9.64. The van der Waals surface area contributed by atoms with Crippen molar-refractivity contribution in [2.24, 2.45) is 0 Å². The van der Waals surface area contributed by atoms with Gasteiger partial charge < -0.3 is 18.8 Å². The zero-order valence-corrected chi connectivity index (χ0v) is 13.3. The zero-order valence-electron chi connectivity index (χ0n) is 13.3. The monoisotopic (exact) mass is 274 g/mol. The number of esters is 1. The smallest absolute Gasteiger partial charge is 0.333 e. The lowest BCUT2D eigenvalue weighted by molar-refractivity contribution is -0.907. The molecule has 5 heteroatoms. The molecular weight excluding hydrogens is 244 g/mol. The van der Waals surface area contributed by atoms with E-state index in [1.807, 2.05) is 14.1 Å². The van der Waals surface area contributed by atoms with Crippen LogP contribution in [0.2, 0.25) is 0 Å². The molecule has 5 nitrogen and oxygen atoms in total. The van der Waals surface area contributed by atoms with Crippen LogP contribution in [-0.2, 0) is 9.53 Å². The summed E-state index contributed by atoms with van der Waals surface area (Å²) in [5.74, 6) is -0.355. The molecule has 1 N–H and O–H groups in total. The van der Waals surface area contributed by atoms with Gasteiger partial charge in [0.05, 0.1) is 35.2 Å². The number of carbonyl (C=O) groups excluding carboxylic acids is 1. The molecule has 1 atom stereocenters. The van der Waals surface area contributed by atoms with E-state index in [0.29, 0.717) is 36.3 Å². The Labute approximate surface area is 117 Å². The number of aliphatic hydroxyl groups is 1. The van der Waals surface area contributed by atoms with Crippen LogP contribution in [-0.4, -0.2) is 87.6 Å². The molecule has 0 fully saturated rings. The Morgan fingerprint density at radius 2 is 1.74 bits per heavy atom. The van der Waals surface area contributed by atoms with Gasteiger partial charge in [0.2, 0.25) is 0 Å². The minimum Gasteiger partial charge on any atom is -0.456 e. The van der Waals surface area contributed by atoms with Crippen molar-refractivity contribution >= 4 is 5.97 Å². The van der Waals surface area contributed by atoms with Crippen molar-refractivity contribution in [1.29, 1.82) is 0 Å². The standard InChI is InChI=1S/C14H30N2O3/c1-12(2)14(18)19-9-8-16(6,7)11-13(17)10-15(3,4)5/h13,17H,1,8-11H2,2-7H3/q+2. The molecule has 0 aromatic rings. The fraction of sp³-hybridized carbons (Fsp3) is 0.786. The molecule has 0 aromatic carbocycles. The summed E-state index contributed by atoms with van der Waals surface area (Å²) in [6.45, 7) is 7.53. The van der Waals surface area contributed by atoms with Gasteiger partial charge >= 0.3 is 5.97 Å². The highest BCUT2D eigenvalue weighted by molar-refractivity contribution is 5.86. The first-order valence-corrected chi connectivity index (χ1v) is 6.56. The Balaban J connectivity index is 4.11. The first kappa shape index (κ1) is 18.1. The molecule has 0 aliphatic carbocycles. The number of hydrogen-bond acceptors (Lipinski definition) is 3. The summed E-state index contributed by atoms with van der Waals surface area (Å²) in [6.07, 6.45) is -0.369. The molecule has 0 saturated carbocycles. The maximum absolute atomic E-state index is 11.3. The van der Waals surface area contributed by atoms with Gasteiger partial charge in [-0.2, -0.15) is 0 Å². The molecule has 19 heavy (non-hydrogen) atoms. The average molecular weight is 274 g/mol. The van der Waals surface area contributed by atoms with E-state index in [-0.39, 0.29) is 12.1 Å². The van der Waals surface area contributed by atoms with E-state index in [0.717, 1.165) is 4.48 Å². The van der Waals surface area contributed by atoms with Crippen LogP contribution in [0.4, 0.5) is 0 Å². The second-order valence-electron chi connectivity index (χ2n) is 6.88. The van der Waals surface area contributed by atoms with E-state index in [2.05, 4.69) is 27.7 Å². The van der Waals surface area contributed by atoms with Gasteiger partial charge in [0, 0.05) is 5.57 Å². The Morgan fingerprint density at radius 1 is 1.21 bits per heavy atom. The number of rotatable bonds is 8. The third-order valence-electron chi connectivity index (χ3n) is 2.74. The Hall–Kier alpha value is -0.910. The lowest BCUT2D eigenvalue weighted by Gasteiger charge is -2.34. The molecular formula is C14H30N2O3+2. The Morgan fingerprint density at radius 3 is 2.16 bits per heavy atom. The molecule has 0 spiro atoms. The summed E-state index contributed by atoms with van der Waals surface area (Å²) in [5, 5.41) is 10.1. The number of hydrogen-bond donors (Lipinski definition) is 1. The summed E-state index contributed by atoms with van der Waals surface area (Å²) in [7, 11) is 10.2. The summed E-state index contributed by atoms with van der Waals surface area (Å²) in [4.78, 5) is 11.3. The maximum atomic E-state index is 11.3. The van der Waals surface area contributed by atoms with E-state index in [9.17, 15) is 9.90 Å². The lowest BCUT2D eigenvalue weighted by atomic mass is 10.2. The molecule has 0 saturated heterocycles. The minimum atomic E-state index is -0.369. The normalized spacial score (nSPS) is 14.1. The highest BCUT2D eigenvalue weighted by Gasteiger charge is 2.25. The van der Waals surface area contributed by atoms with Crippen LogP contribution in [0.25, 0.3) is 0 Å². The average Bonchev–Trinajstić information content (AvgIpc) is 2.12. The van der Waals surface area contributed by atoms with Crippen LogP contribution < -0.4 is 0 Å². The van der Waals surface area contributed by atoms with Crippen LogP contribution in [0.15, 0.2) is 12.2 Å². The molecule has 0 aromatic heterocycles. The van der Waals surface area contributed by atoms with Gasteiger partial charge in [-0.05, 0) is 6.92 Å². The molecule has 0 radical (unpaired) electrons. The molecule has 0 bridgehead atoms. The first-order chi connectivity index (χ1) is 8.43.